The van der Waals surface area contributed by atoms with Gasteiger partial charge in [0.15, 0.2) is 11.5 Å². The molecule has 1 aliphatic heterocycles. The van der Waals surface area contributed by atoms with Crippen LogP contribution < -0.4 is 19.5 Å². The van der Waals surface area contributed by atoms with E-state index in [2.05, 4.69) is 15.5 Å². The third-order valence-electron chi connectivity index (χ3n) is 3.69. The summed E-state index contributed by atoms with van der Waals surface area (Å²) in [6.07, 6.45) is 0. The number of carbonyl (C=O) groups excluding carboxylic acids is 1. The monoisotopic (exact) mass is 369 g/mol. The van der Waals surface area contributed by atoms with Gasteiger partial charge in [-0.3, -0.25) is 4.79 Å². The SMILES string of the molecule is O=C(NCCOc1ccc(-c2cccs2)nn1)c1ccc2c(c1)OCO2. The van der Waals surface area contributed by atoms with Gasteiger partial charge in [-0.05, 0) is 35.7 Å². The Morgan fingerprint density at radius 1 is 1.15 bits per heavy atom. The van der Waals surface area contributed by atoms with Crippen LogP contribution in [0.5, 0.6) is 17.4 Å². The van der Waals surface area contributed by atoms with Crippen LogP contribution >= 0.6 is 11.3 Å². The Morgan fingerprint density at radius 2 is 2.08 bits per heavy atom. The molecule has 0 bridgehead atoms. The molecule has 7 nitrogen and oxygen atoms in total. The highest BCUT2D eigenvalue weighted by molar-refractivity contribution is 7.13. The van der Waals surface area contributed by atoms with Crippen molar-refractivity contribution in [3.63, 3.8) is 0 Å². The number of fused-ring (bicyclic) bond motifs is 1. The summed E-state index contributed by atoms with van der Waals surface area (Å²) in [5.41, 5.74) is 1.32. The molecule has 3 heterocycles. The average Bonchev–Trinajstić information content (AvgIpc) is 3.36. The lowest BCUT2D eigenvalue weighted by Crippen LogP contribution is -2.28. The van der Waals surface area contributed by atoms with Crippen molar-refractivity contribution in [3.8, 4) is 28.0 Å². The molecule has 0 saturated carbocycles. The van der Waals surface area contributed by atoms with Crippen LogP contribution in [0.25, 0.3) is 10.6 Å². The van der Waals surface area contributed by atoms with E-state index < -0.39 is 0 Å². The highest BCUT2D eigenvalue weighted by Gasteiger charge is 2.15. The summed E-state index contributed by atoms with van der Waals surface area (Å²) in [7, 11) is 0. The standard InChI is InChI=1S/C18H15N3O4S/c22-18(12-3-5-14-15(10-12)25-11-24-14)19-7-8-23-17-6-4-13(20-21-17)16-2-1-9-26-16/h1-6,9-10H,7-8,11H2,(H,19,22). The van der Waals surface area contributed by atoms with Crippen molar-refractivity contribution in [1.82, 2.24) is 15.5 Å². The Balaban J connectivity index is 1.25. The van der Waals surface area contributed by atoms with E-state index in [1.165, 1.54) is 0 Å². The first-order valence-electron chi connectivity index (χ1n) is 7.98. The Hall–Kier alpha value is -3.13. The summed E-state index contributed by atoms with van der Waals surface area (Å²) in [4.78, 5) is 13.2. The van der Waals surface area contributed by atoms with Gasteiger partial charge < -0.3 is 19.5 Å². The highest BCUT2D eigenvalue weighted by Crippen LogP contribution is 2.32. The van der Waals surface area contributed by atoms with E-state index in [0.717, 1.165) is 10.6 Å². The van der Waals surface area contributed by atoms with Gasteiger partial charge in [0.25, 0.3) is 5.91 Å². The lowest BCUT2D eigenvalue weighted by molar-refractivity contribution is 0.0946. The molecule has 0 spiro atoms. The van der Waals surface area contributed by atoms with E-state index in [-0.39, 0.29) is 12.7 Å². The molecule has 1 aliphatic rings. The van der Waals surface area contributed by atoms with Crippen molar-refractivity contribution in [1.29, 1.82) is 0 Å². The van der Waals surface area contributed by atoms with Gasteiger partial charge in [0, 0.05) is 11.6 Å². The van der Waals surface area contributed by atoms with Gasteiger partial charge in [0.1, 0.15) is 12.3 Å². The van der Waals surface area contributed by atoms with Gasteiger partial charge in [-0.25, -0.2) is 0 Å². The second kappa shape index (κ2) is 7.40. The maximum absolute atomic E-state index is 12.1. The van der Waals surface area contributed by atoms with Gasteiger partial charge >= 0.3 is 0 Å². The smallest absolute Gasteiger partial charge is 0.251 e. The van der Waals surface area contributed by atoms with Gasteiger partial charge in [-0.1, -0.05) is 6.07 Å². The molecule has 1 aromatic carbocycles. The van der Waals surface area contributed by atoms with E-state index in [1.807, 2.05) is 23.6 Å². The van der Waals surface area contributed by atoms with Crippen LogP contribution in [0.3, 0.4) is 0 Å². The fraction of sp³-hybridized carbons (Fsp3) is 0.167. The first kappa shape index (κ1) is 16.3. The van der Waals surface area contributed by atoms with Crippen LogP contribution in [-0.2, 0) is 0 Å². The van der Waals surface area contributed by atoms with E-state index >= 15 is 0 Å². The number of amides is 1. The summed E-state index contributed by atoms with van der Waals surface area (Å²) in [6.45, 7) is 0.825. The van der Waals surface area contributed by atoms with Crippen molar-refractivity contribution >= 4 is 17.2 Å². The van der Waals surface area contributed by atoms with Crippen LogP contribution in [0.4, 0.5) is 0 Å². The Labute approximate surface area is 153 Å². The molecule has 1 amide bonds. The zero-order valence-corrected chi connectivity index (χ0v) is 14.5. The summed E-state index contributed by atoms with van der Waals surface area (Å²) in [5, 5.41) is 13.0. The van der Waals surface area contributed by atoms with E-state index in [0.29, 0.717) is 36.1 Å². The van der Waals surface area contributed by atoms with Crippen LogP contribution in [0.15, 0.2) is 47.8 Å². The van der Waals surface area contributed by atoms with E-state index in [4.69, 9.17) is 14.2 Å². The van der Waals surface area contributed by atoms with Gasteiger partial charge in [-0.15, -0.1) is 21.5 Å². The number of nitrogens with zero attached hydrogens (tertiary/aromatic N) is 2. The molecule has 8 heteroatoms. The summed E-state index contributed by atoms with van der Waals surface area (Å²) in [5.74, 6) is 1.44. The van der Waals surface area contributed by atoms with Crippen molar-refractivity contribution < 1.29 is 19.0 Å². The molecule has 3 aromatic rings. The Morgan fingerprint density at radius 3 is 2.88 bits per heavy atom. The first-order valence-corrected chi connectivity index (χ1v) is 8.86. The van der Waals surface area contributed by atoms with Gasteiger partial charge in [0.05, 0.1) is 11.4 Å². The summed E-state index contributed by atoms with van der Waals surface area (Å²) in [6, 6.07) is 12.7. The third kappa shape index (κ3) is 3.60. The predicted octanol–water partition coefficient (Wildman–Crippen LogP) is 2.74. The van der Waals surface area contributed by atoms with E-state index in [9.17, 15) is 4.79 Å². The van der Waals surface area contributed by atoms with Gasteiger partial charge in [-0.2, -0.15) is 0 Å². The second-order valence-electron chi connectivity index (χ2n) is 5.41. The highest BCUT2D eigenvalue weighted by atomic mass is 32.1. The van der Waals surface area contributed by atoms with Gasteiger partial charge in [0.2, 0.25) is 12.7 Å². The molecule has 0 unspecified atom stereocenters. The predicted molar refractivity (Wildman–Crippen MR) is 95.7 cm³/mol. The molecule has 0 aliphatic carbocycles. The van der Waals surface area contributed by atoms with E-state index in [1.54, 1.807) is 35.6 Å². The Kier molecular flexibility index (Phi) is 4.65. The zero-order valence-electron chi connectivity index (χ0n) is 13.7. The minimum absolute atomic E-state index is 0.181. The fourth-order valence-electron chi connectivity index (χ4n) is 2.41. The number of hydrogen-bond acceptors (Lipinski definition) is 7. The number of benzene rings is 1. The second-order valence-corrected chi connectivity index (χ2v) is 6.35. The van der Waals surface area contributed by atoms with Crippen molar-refractivity contribution in [2.75, 3.05) is 19.9 Å². The normalized spacial score (nSPS) is 12.0. The molecule has 1 N–H and O–H groups in total. The lowest BCUT2D eigenvalue weighted by atomic mass is 10.2. The number of carbonyl (C=O) groups is 1. The molecule has 0 atom stereocenters. The quantitative estimate of drug-likeness (QED) is 0.673. The minimum atomic E-state index is -0.203. The minimum Gasteiger partial charge on any atom is -0.475 e. The lowest BCUT2D eigenvalue weighted by Gasteiger charge is -2.07. The molecular weight excluding hydrogens is 354 g/mol. The first-order chi connectivity index (χ1) is 12.8. The number of hydrogen-bond donors (Lipinski definition) is 1. The molecule has 0 radical (unpaired) electrons. The Bertz CT molecular complexity index is 897. The van der Waals surface area contributed by atoms with Crippen molar-refractivity contribution in [2.24, 2.45) is 0 Å². The number of rotatable bonds is 6. The molecule has 132 valence electrons. The van der Waals surface area contributed by atoms with Crippen LogP contribution in [0, 0.1) is 0 Å². The molecule has 2 aromatic heterocycles. The van der Waals surface area contributed by atoms with Crippen molar-refractivity contribution in [2.45, 2.75) is 0 Å². The molecule has 0 saturated heterocycles. The van der Waals surface area contributed by atoms with Crippen LogP contribution in [-0.4, -0.2) is 36.0 Å². The largest absolute Gasteiger partial charge is 0.475 e. The summed E-state index contributed by atoms with van der Waals surface area (Å²) < 4.78 is 16.0. The maximum atomic E-state index is 12.1. The number of nitrogens with one attached hydrogen (secondary N) is 1. The topological polar surface area (TPSA) is 82.6 Å². The average molecular weight is 369 g/mol. The van der Waals surface area contributed by atoms with Crippen LogP contribution in [0.2, 0.25) is 0 Å². The summed E-state index contributed by atoms with van der Waals surface area (Å²) >= 11 is 1.60. The molecule has 26 heavy (non-hydrogen) atoms. The third-order valence-corrected chi connectivity index (χ3v) is 4.58. The molecular formula is C18H15N3O4S. The molecule has 4 rings (SSSR count). The zero-order chi connectivity index (χ0) is 17.8. The van der Waals surface area contributed by atoms with Crippen molar-refractivity contribution in [3.05, 3.63) is 53.4 Å². The number of ether oxygens (including phenoxy) is 3. The van der Waals surface area contributed by atoms with Crippen LogP contribution in [0.1, 0.15) is 10.4 Å². The fourth-order valence-corrected chi connectivity index (χ4v) is 3.10. The molecule has 0 fully saturated rings. The maximum Gasteiger partial charge on any atom is 0.251 e. The number of thiophene rings is 1. The number of aromatic nitrogens is 2.